The molecule has 0 atom stereocenters. The summed E-state index contributed by atoms with van der Waals surface area (Å²) >= 11 is 0. The number of halogens is 3. The molecule has 6 heteroatoms. The van der Waals surface area contributed by atoms with Crippen LogP contribution in [0.5, 0.6) is 0 Å². The first-order valence-corrected chi connectivity index (χ1v) is 9.39. The zero-order chi connectivity index (χ0) is 18.7. The second kappa shape index (κ2) is 7.99. The highest BCUT2D eigenvalue weighted by Crippen LogP contribution is 2.43. The van der Waals surface area contributed by atoms with Gasteiger partial charge in [-0.15, -0.1) is 0 Å². The number of carbonyl (C=O) groups excluding carboxylic acids is 1. The Morgan fingerprint density at radius 2 is 1.62 bits per heavy atom. The molecule has 0 radical (unpaired) electrons. The van der Waals surface area contributed by atoms with Gasteiger partial charge in [0, 0.05) is 0 Å². The van der Waals surface area contributed by atoms with Gasteiger partial charge in [0.25, 0.3) is 0 Å². The van der Waals surface area contributed by atoms with Crippen LogP contribution in [0.25, 0.3) is 0 Å². The molecule has 1 aromatic rings. The van der Waals surface area contributed by atoms with E-state index in [0.29, 0.717) is 18.8 Å². The largest absolute Gasteiger partial charge is 0.469 e. The van der Waals surface area contributed by atoms with Gasteiger partial charge in [0.2, 0.25) is 0 Å². The van der Waals surface area contributed by atoms with Gasteiger partial charge in [0.1, 0.15) is 0 Å². The Labute approximate surface area is 152 Å². The van der Waals surface area contributed by atoms with E-state index in [2.05, 4.69) is 5.32 Å². The summed E-state index contributed by atoms with van der Waals surface area (Å²) in [6, 6.07) is 4.28. The smallest absolute Gasteiger partial charge is 0.416 e. The summed E-state index contributed by atoms with van der Waals surface area (Å²) in [5, 5.41) is 3.31. The Bertz CT molecular complexity index is 630. The molecule has 1 heterocycles. The lowest BCUT2D eigenvalue weighted by molar-refractivity contribution is -0.146. The average molecular weight is 369 g/mol. The second-order valence-corrected chi connectivity index (χ2v) is 7.44. The zero-order valence-corrected chi connectivity index (χ0v) is 15.1. The van der Waals surface area contributed by atoms with Crippen molar-refractivity contribution in [1.29, 1.82) is 0 Å². The Balaban J connectivity index is 1.86. The number of methoxy groups -OCH3 is 1. The number of benzene rings is 1. The van der Waals surface area contributed by atoms with Crippen LogP contribution in [0.3, 0.4) is 0 Å². The van der Waals surface area contributed by atoms with Crippen LogP contribution >= 0.6 is 0 Å². The van der Waals surface area contributed by atoms with E-state index in [1.807, 2.05) is 0 Å². The van der Waals surface area contributed by atoms with Crippen molar-refractivity contribution in [2.75, 3.05) is 20.2 Å². The molecule has 1 N–H and O–H groups in total. The third-order valence-corrected chi connectivity index (χ3v) is 5.89. The predicted octanol–water partition coefficient (Wildman–Crippen LogP) is 4.62. The maximum atomic E-state index is 13.3. The van der Waals surface area contributed by atoms with Crippen LogP contribution < -0.4 is 5.32 Å². The van der Waals surface area contributed by atoms with Crippen LogP contribution in [0, 0.1) is 5.92 Å². The van der Waals surface area contributed by atoms with Gasteiger partial charge in [0.05, 0.1) is 18.6 Å². The molecule has 1 aliphatic carbocycles. The van der Waals surface area contributed by atoms with Gasteiger partial charge in [-0.2, -0.15) is 13.2 Å². The van der Waals surface area contributed by atoms with Crippen molar-refractivity contribution in [1.82, 2.24) is 5.32 Å². The van der Waals surface area contributed by atoms with Crippen LogP contribution in [0.1, 0.15) is 67.1 Å². The number of carbonyl (C=O) groups is 1. The van der Waals surface area contributed by atoms with Crippen molar-refractivity contribution < 1.29 is 22.7 Å². The highest BCUT2D eigenvalue weighted by molar-refractivity contribution is 5.72. The first-order chi connectivity index (χ1) is 12.4. The van der Waals surface area contributed by atoms with Gasteiger partial charge in [-0.25, -0.2) is 0 Å². The van der Waals surface area contributed by atoms with Gasteiger partial charge >= 0.3 is 12.1 Å². The number of hydrogen-bond acceptors (Lipinski definition) is 3. The topological polar surface area (TPSA) is 38.3 Å². The number of nitrogens with one attached hydrogen (secondary N) is 1. The molecule has 1 saturated carbocycles. The molecule has 3 nitrogen and oxygen atoms in total. The number of esters is 1. The Hall–Kier alpha value is -1.56. The van der Waals surface area contributed by atoms with E-state index >= 15 is 0 Å². The third-order valence-electron chi connectivity index (χ3n) is 5.89. The third kappa shape index (κ3) is 4.22. The van der Waals surface area contributed by atoms with Crippen molar-refractivity contribution in [2.45, 2.75) is 56.5 Å². The molecule has 26 heavy (non-hydrogen) atoms. The van der Waals surface area contributed by atoms with Crippen molar-refractivity contribution in [3.8, 4) is 0 Å². The molecule has 2 fully saturated rings. The molecule has 0 spiro atoms. The summed E-state index contributed by atoms with van der Waals surface area (Å²) in [7, 11) is 1.39. The molecule has 1 aliphatic heterocycles. The Morgan fingerprint density at radius 3 is 2.19 bits per heavy atom. The molecule has 0 unspecified atom stereocenters. The second-order valence-electron chi connectivity index (χ2n) is 7.44. The van der Waals surface area contributed by atoms with Crippen LogP contribution in [0.2, 0.25) is 0 Å². The maximum absolute atomic E-state index is 13.3. The average Bonchev–Trinajstić information content (AvgIpc) is 2.67. The van der Waals surface area contributed by atoms with Crippen LogP contribution in [0.4, 0.5) is 13.2 Å². The quantitative estimate of drug-likeness (QED) is 0.790. The summed E-state index contributed by atoms with van der Waals surface area (Å²) in [6.45, 7) is 1.81. The zero-order valence-electron chi connectivity index (χ0n) is 15.1. The molecule has 0 bridgehead atoms. The first-order valence-electron chi connectivity index (χ1n) is 9.39. The van der Waals surface area contributed by atoms with E-state index in [9.17, 15) is 18.0 Å². The minimum absolute atomic E-state index is 0.0862. The molecular formula is C20H26F3NO2. The van der Waals surface area contributed by atoms with E-state index < -0.39 is 11.7 Å². The molecule has 2 aliphatic rings. The standard InChI is InChI=1S/C20H26F3NO2/c1-26-19(25)15-4-2-13(3-5-15)18-12-16(20(21,22)23)6-7-17(18)14-8-10-24-11-9-14/h6-7,12-15,24H,2-5,8-11H2,1H3. The first kappa shape index (κ1) is 19.2. The summed E-state index contributed by atoms with van der Waals surface area (Å²) in [5.74, 6) is 0.0744. The number of alkyl halides is 3. The van der Waals surface area contributed by atoms with E-state index in [1.165, 1.54) is 19.2 Å². The molecule has 0 amide bonds. The molecule has 0 aromatic heterocycles. The van der Waals surface area contributed by atoms with Gasteiger partial charge in [-0.1, -0.05) is 6.07 Å². The maximum Gasteiger partial charge on any atom is 0.416 e. The minimum Gasteiger partial charge on any atom is -0.469 e. The fraction of sp³-hybridized carbons (Fsp3) is 0.650. The van der Waals surface area contributed by atoms with Crippen molar-refractivity contribution in [2.24, 2.45) is 5.92 Å². The number of piperidine rings is 1. The summed E-state index contributed by atoms with van der Waals surface area (Å²) in [6.07, 6.45) is 0.410. The fourth-order valence-electron chi connectivity index (χ4n) is 4.42. The number of rotatable bonds is 3. The van der Waals surface area contributed by atoms with Crippen molar-refractivity contribution >= 4 is 5.97 Å². The molecule has 1 saturated heterocycles. The molecule has 1 aromatic carbocycles. The van der Waals surface area contributed by atoms with Gasteiger partial charge in [-0.3, -0.25) is 4.79 Å². The van der Waals surface area contributed by atoms with Crippen molar-refractivity contribution in [3.05, 3.63) is 34.9 Å². The monoisotopic (exact) mass is 369 g/mol. The minimum atomic E-state index is -4.33. The lowest BCUT2D eigenvalue weighted by Gasteiger charge is -2.32. The molecule has 144 valence electrons. The number of hydrogen-bond donors (Lipinski definition) is 1. The molecular weight excluding hydrogens is 343 g/mol. The van der Waals surface area contributed by atoms with E-state index in [-0.39, 0.29) is 17.8 Å². The van der Waals surface area contributed by atoms with Crippen LogP contribution in [0.15, 0.2) is 18.2 Å². The lowest BCUT2D eigenvalue weighted by Crippen LogP contribution is -2.28. The predicted molar refractivity (Wildman–Crippen MR) is 93.0 cm³/mol. The van der Waals surface area contributed by atoms with Gasteiger partial charge < -0.3 is 10.1 Å². The lowest BCUT2D eigenvalue weighted by atomic mass is 9.74. The van der Waals surface area contributed by atoms with Crippen molar-refractivity contribution in [3.63, 3.8) is 0 Å². The normalized spacial score (nSPS) is 25.1. The SMILES string of the molecule is COC(=O)C1CCC(c2cc(C(F)(F)F)ccc2C2CCNCC2)CC1. The highest BCUT2D eigenvalue weighted by atomic mass is 19.4. The number of ether oxygens (including phenoxy) is 1. The Morgan fingerprint density at radius 1 is 1.00 bits per heavy atom. The fourth-order valence-corrected chi connectivity index (χ4v) is 4.42. The highest BCUT2D eigenvalue weighted by Gasteiger charge is 2.34. The van der Waals surface area contributed by atoms with E-state index in [1.54, 1.807) is 6.07 Å². The summed E-state index contributed by atoms with van der Waals surface area (Å²) in [4.78, 5) is 11.7. The van der Waals surface area contributed by atoms with E-state index in [0.717, 1.165) is 49.9 Å². The van der Waals surface area contributed by atoms with Gasteiger partial charge in [0.15, 0.2) is 0 Å². The van der Waals surface area contributed by atoms with Gasteiger partial charge in [-0.05, 0) is 86.7 Å². The Kier molecular flexibility index (Phi) is 5.90. The summed E-state index contributed by atoms with van der Waals surface area (Å²) < 4.78 is 44.6. The summed E-state index contributed by atoms with van der Waals surface area (Å²) in [5.41, 5.74) is 1.34. The molecule has 3 rings (SSSR count). The van der Waals surface area contributed by atoms with Crippen LogP contribution in [-0.4, -0.2) is 26.2 Å². The van der Waals surface area contributed by atoms with Crippen LogP contribution in [-0.2, 0) is 15.7 Å². The van der Waals surface area contributed by atoms with E-state index in [4.69, 9.17) is 4.74 Å².